The summed E-state index contributed by atoms with van der Waals surface area (Å²) < 4.78 is 47.0. The van der Waals surface area contributed by atoms with Crippen LogP contribution in [0.15, 0.2) is 47.5 Å². The van der Waals surface area contributed by atoms with Gasteiger partial charge in [0.25, 0.3) is 5.91 Å². The van der Waals surface area contributed by atoms with Crippen LogP contribution < -0.4 is 9.47 Å². The van der Waals surface area contributed by atoms with Crippen LogP contribution in [0, 0.1) is 5.92 Å². The first-order valence-corrected chi connectivity index (χ1v) is 11.0. The maximum atomic E-state index is 12.9. The van der Waals surface area contributed by atoms with Crippen LogP contribution in [-0.2, 0) is 9.59 Å². The number of aliphatic imine (C=N–C) groups is 1. The van der Waals surface area contributed by atoms with Crippen LogP contribution >= 0.6 is 0 Å². The van der Waals surface area contributed by atoms with Gasteiger partial charge < -0.3 is 24.2 Å². The molecule has 0 unspecified atom stereocenters. The van der Waals surface area contributed by atoms with Gasteiger partial charge in [-0.1, -0.05) is 12.7 Å². The maximum Gasteiger partial charge on any atom is 0.422 e. The summed E-state index contributed by atoms with van der Waals surface area (Å²) in [4.78, 5) is 38.0. The van der Waals surface area contributed by atoms with Gasteiger partial charge in [-0.25, -0.2) is 9.98 Å². The van der Waals surface area contributed by atoms with E-state index >= 15 is 0 Å². The van der Waals surface area contributed by atoms with Gasteiger partial charge in [0.05, 0.1) is 24.0 Å². The van der Waals surface area contributed by atoms with Crippen LogP contribution in [0.4, 0.5) is 13.2 Å². The molecule has 0 radical (unpaired) electrons. The van der Waals surface area contributed by atoms with Crippen molar-refractivity contribution in [3.8, 4) is 11.6 Å². The minimum absolute atomic E-state index is 0.0690. The molecule has 1 aromatic heterocycles. The zero-order valence-corrected chi connectivity index (χ0v) is 19.8. The van der Waals surface area contributed by atoms with Crippen molar-refractivity contribution in [2.45, 2.75) is 25.6 Å². The van der Waals surface area contributed by atoms with Gasteiger partial charge in [0, 0.05) is 46.2 Å². The first-order chi connectivity index (χ1) is 16.5. The lowest BCUT2D eigenvalue weighted by molar-refractivity contribution is -0.154. The molecule has 0 bridgehead atoms. The summed E-state index contributed by atoms with van der Waals surface area (Å²) in [5, 5.41) is 0. The lowest BCUT2D eigenvalue weighted by Crippen LogP contribution is -2.52. The highest BCUT2D eigenvalue weighted by molar-refractivity contribution is 5.92. The Bertz CT molecular complexity index is 1000. The molecule has 35 heavy (non-hydrogen) atoms. The zero-order chi connectivity index (χ0) is 25.8. The van der Waals surface area contributed by atoms with E-state index in [0.29, 0.717) is 37.6 Å². The fourth-order valence-electron chi connectivity index (χ4n) is 3.59. The highest BCUT2D eigenvalue weighted by Gasteiger charge is 2.36. The Morgan fingerprint density at radius 1 is 1.34 bits per heavy atom. The van der Waals surface area contributed by atoms with E-state index in [0.717, 1.165) is 0 Å². The molecule has 0 aromatic carbocycles. The molecule has 2 amide bonds. The van der Waals surface area contributed by atoms with E-state index in [2.05, 4.69) is 21.3 Å². The van der Waals surface area contributed by atoms with Crippen molar-refractivity contribution < 1.29 is 32.2 Å². The predicted molar refractivity (Wildman–Crippen MR) is 122 cm³/mol. The molecule has 0 spiro atoms. The lowest BCUT2D eigenvalue weighted by atomic mass is 9.99. The molecule has 1 aromatic rings. The summed E-state index contributed by atoms with van der Waals surface area (Å²) in [5.41, 5.74) is 0.581. The number of hydrogen-bond donors (Lipinski definition) is 0. The second kappa shape index (κ2) is 10.8. The van der Waals surface area contributed by atoms with Crippen LogP contribution in [0.5, 0.6) is 11.6 Å². The summed E-state index contributed by atoms with van der Waals surface area (Å²) in [6, 6.07) is 2.65. The van der Waals surface area contributed by atoms with Gasteiger partial charge in [-0.3, -0.25) is 9.59 Å². The fourth-order valence-corrected chi connectivity index (χ4v) is 3.59. The van der Waals surface area contributed by atoms with E-state index in [-0.39, 0.29) is 29.4 Å². The number of ether oxygens (including phenoxy) is 2. The van der Waals surface area contributed by atoms with E-state index in [1.807, 2.05) is 4.90 Å². The third-order valence-electron chi connectivity index (χ3n) is 5.52. The largest absolute Gasteiger partial charge is 0.479 e. The lowest BCUT2D eigenvalue weighted by Gasteiger charge is -2.40. The van der Waals surface area contributed by atoms with Gasteiger partial charge in [0.2, 0.25) is 11.8 Å². The zero-order valence-electron chi connectivity index (χ0n) is 19.8. The van der Waals surface area contributed by atoms with Crippen molar-refractivity contribution in [1.82, 2.24) is 19.7 Å². The third kappa shape index (κ3) is 6.74. The molecule has 2 aliphatic rings. The average molecular weight is 496 g/mol. The van der Waals surface area contributed by atoms with Gasteiger partial charge >= 0.3 is 6.18 Å². The van der Waals surface area contributed by atoms with Crippen LogP contribution in [0.25, 0.3) is 0 Å². The van der Waals surface area contributed by atoms with Crippen molar-refractivity contribution in [2.75, 3.05) is 40.3 Å². The summed E-state index contributed by atoms with van der Waals surface area (Å²) in [6.45, 7) is 5.78. The Morgan fingerprint density at radius 2 is 2.06 bits per heavy atom. The summed E-state index contributed by atoms with van der Waals surface area (Å²) in [5.74, 6) is 0.281. The molecule has 2 fully saturated rings. The quantitative estimate of drug-likeness (QED) is 0.490. The predicted octanol–water partition coefficient (Wildman–Crippen LogP) is 2.47. The molecule has 3 heterocycles. The van der Waals surface area contributed by atoms with Crippen LogP contribution in [0.3, 0.4) is 0 Å². The van der Waals surface area contributed by atoms with E-state index in [1.54, 1.807) is 43.1 Å². The van der Waals surface area contributed by atoms with E-state index in [4.69, 9.17) is 4.74 Å². The molecule has 0 aliphatic carbocycles. The smallest absolute Gasteiger partial charge is 0.422 e. The van der Waals surface area contributed by atoms with Gasteiger partial charge in [-0.05, 0) is 13.0 Å². The van der Waals surface area contributed by atoms with Crippen molar-refractivity contribution >= 4 is 18.0 Å². The molecule has 0 N–H and O–H groups in total. The van der Waals surface area contributed by atoms with Crippen molar-refractivity contribution in [2.24, 2.45) is 10.9 Å². The molecule has 0 saturated carbocycles. The normalized spacial score (nSPS) is 19.2. The molecule has 2 aliphatic heterocycles. The molecule has 2 saturated heterocycles. The van der Waals surface area contributed by atoms with Crippen LogP contribution in [0.2, 0.25) is 0 Å². The number of halogens is 3. The Labute approximate surface area is 201 Å². The van der Waals surface area contributed by atoms with E-state index in [1.165, 1.54) is 18.3 Å². The van der Waals surface area contributed by atoms with Crippen molar-refractivity contribution in [3.63, 3.8) is 0 Å². The Morgan fingerprint density at radius 3 is 2.63 bits per heavy atom. The maximum absolute atomic E-state index is 12.9. The molecule has 190 valence electrons. The number of nitrogens with zero attached hydrogens (tertiary/aromatic N) is 5. The Hall–Kier alpha value is -3.57. The van der Waals surface area contributed by atoms with Crippen LogP contribution in [-0.4, -0.2) is 90.3 Å². The number of pyridine rings is 1. The number of carbonyl (C=O) groups is 2. The third-order valence-corrected chi connectivity index (χ3v) is 5.52. The molecule has 9 nitrogen and oxygen atoms in total. The Balaban J connectivity index is 1.51. The van der Waals surface area contributed by atoms with Crippen molar-refractivity contribution in [1.29, 1.82) is 0 Å². The van der Waals surface area contributed by atoms with Crippen LogP contribution in [0.1, 0.15) is 13.3 Å². The van der Waals surface area contributed by atoms with Gasteiger partial charge in [-0.2, -0.15) is 13.2 Å². The van der Waals surface area contributed by atoms with E-state index < -0.39 is 18.9 Å². The molecular weight excluding hydrogens is 467 g/mol. The number of hydrogen-bond acceptors (Lipinski definition) is 7. The number of carbonyl (C=O) groups excluding carboxylic acids is 2. The highest BCUT2D eigenvalue weighted by Crippen LogP contribution is 2.25. The highest BCUT2D eigenvalue weighted by atomic mass is 19.4. The average Bonchev–Trinajstić information content (AvgIpc) is 3.12. The number of amides is 2. The van der Waals surface area contributed by atoms with Gasteiger partial charge in [-0.15, -0.1) is 0 Å². The minimum atomic E-state index is -4.46. The second-order valence-electron chi connectivity index (χ2n) is 8.34. The second-order valence-corrected chi connectivity index (χ2v) is 8.34. The van der Waals surface area contributed by atoms with Gasteiger partial charge in [0.15, 0.2) is 12.7 Å². The minimum Gasteiger partial charge on any atom is -0.479 e. The summed E-state index contributed by atoms with van der Waals surface area (Å²) in [6.07, 6.45) is -0.293. The van der Waals surface area contributed by atoms with Crippen molar-refractivity contribution in [3.05, 3.63) is 42.5 Å². The molecule has 1 atom stereocenters. The summed E-state index contributed by atoms with van der Waals surface area (Å²) in [7, 11) is 3.44. The number of rotatable bonds is 9. The number of allylic oxidation sites excluding steroid dienone is 2. The fraction of sp³-hybridized carbons (Fsp3) is 0.478. The number of aromatic nitrogens is 1. The first-order valence-electron chi connectivity index (χ1n) is 11.0. The topological polar surface area (TPSA) is 87.6 Å². The first kappa shape index (κ1) is 26.0. The van der Waals surface area contributed by atoms with E-state index in [9.17, 15) is 22.8 Å². The standard InChI is InChI=1S/C23H28F3N5O4/c1-5-17(10-27-15(2)30-12-16(13-30)21(32)29(3)4)31-9-8-19(22(31)33)35-18-6-7-20(28-11-18)34-14-23(24,25)26/h5-7,10-11,16,19H,2,8-9,12-14H2,1,3-4H3/b17-5+,27-10?/t19-/m1/s1. The summed E-state index contributed by atoms with van der Waals surface area (Å²) >= 11 is 0. The SMILES string of the molecule is C=C(N=C/C(=C\C)N1CC[C@@H](Oc2ccc(OCC(F)(F)F)nc2)C1=O)N1CC(C(=O)N(C)C)C1. The van der Waals surface area contributed by atoms with Gasteiger partial charge in [0.1, 0.15) is 11.6 Å². The molecular formula is C23H28F3N5O4. The Kier molecular flexibility index (Phi) is 8.03. The number of alkyl halides is 3. The molecule has 12 heteroatoms. The monoisotopic (exact) mass is 495 g/mol. The number of likely N-dealkylation sites (tertiary alicyclic amines) is 2. The molecule has 3 rings (SSSR count).